The quantitative estimate of drug-likeness (QED) is 0.891. The monoisotopic (exact) mass is 257 g/mol. The van der Waals surface area contributed by atoms with Gasteiger partial charge in [-0.15, -0.1) is 0 Å². The van der Waals surface area contributed by atoms with Gasteiger partial charge in [-0.3, -0.25) is 0 Å². The molecular formula is C16H19NO2. The van der Waals surface area contributed by atoms with Crippen LogP contribution in [0.2, 0.25) is 0 Å². The zero-order valence-electron chi connectivity index (χ0n) is 11.4. The molecule has 0 aliphatic carbocycles. The summed E-state index contributed by atoms with van der Waals surface area (Å²) in [6, 6.07) is 11.6. The van der Waals surface area contributed by atoms with Crippen LogP contribution in [0.5, 0.6) is 11.6 Å². The molecule has 2 rings (SSSR count). The van der Waals surface area contributed by atoms with Gasteiger partial charge in [-0.25, -0.2) is 4.98 Å². The molecule has 100 valence electrons. The molecule has 3 nitrogen and oxygen atoms in total. The first-order valence-electron chi connectivity index (χ1n) is 6.63. The highest BCUT2D eigenvalue weighted by atomic mass is 16.5. The van der Waals surface area contributed by atoms with Crippen molar-refractivity contribution in [1.82, 2.24) is 4.98 Å². The second-order valence-electron chi connectivity index (χ2n) is 4.38. The Morgan fingerprint density at radius 3 is 2.58 bits per heavy atom. The molecule has 19 heavy (non-hydrogen) atoms. The van der Waals surface area contributed by atoms with Crippen molar-refractivity contribution in [2.45, 2.75) is 33.3 Å². The Bertz CT molecular complexity index is 530. The zero-order chi connectivity index (χ0) is 13.7. The number of hydrogen-bond acceptors (Lipinski definition) is 3. The number of pyridine rings is 1. The van der Waals surface area contributed by atoms with E-state index in [0.717, 1.165) is 35.4 Å². The van der Waals surface area contributed by atoms with Crippen LogP contribution in [0.25, 0.3) is 0 Å². The van der Waals surface area contributed by atoms with Gasteiger partial charge in [0, 0.05) is 11.8 Å². The summed E-state index contributed by atoms with van der Waals surface area (Å²) in [5.41, 5.74) is 2.91. The molecule has 0 aliphatic heterocycles. The number of nitrogens with zero attached hydrogens (tertiary/aromatic N) is 1. The summed E-state index contributed by atoms with van der Waals surface area (Å²) in [5.74, 6) is 1.37. The van der Waals surface area contributed by atoms with Crippen molar-refractivity contribution in [3.63, 3.8) is 0 Å². The molecule has 0 atom stereocenters. The maximum absolute atomic E-state index is 9.27. The van der Waals surface area contributed by atoms with Crippen LogP contribution in [-0.2, 0) is 19.4 Å². The van der Waals surface area contributed by atoms with Crippen LogP contribution in [0, 0.1) is 0 Å². The number of ether oxygens (including phenoxy) is 1. The number of aliphatic hydroxyl groups excluding tert-OH is 1. The number of para-hydroxylation sites is 1. The van der Waals surface area contributed by atoms with E-state index in [4.69, 9.17) is 4.74 Å². The molecule has 1 aromatic carbocycles. The number of hydrogen-bond donors (Lipinski definition) is 1. The first-order chi connectivity index (χ1) is 9.26. The summed E-state index contributed by atoms with van der Waals surface area (Å²) in [6.45, 7) is 4.13. The van der Waals surface area contributed by atoms with E-state index >= 15 is 0 Å². The summed E-state index contributed by atoms with van der Waals surface area (Å²) >= 11 is 0. The maximum Gasteiger partial charge on any atom is 0.219 e. The largest absolute Gasteiger partial charge is 0.439 e. The van der Waals surface area contributed by atoms with E-state index in [1.807, 2.05) is 37.3 Å². The molecule has 0 saturated carbocycles. The van der Waals surface area contributed by atoms with Crippen LogP contribution in [0.3, 0.4) is 0 Å². The minimum atomic E-state index is 0.00129. The summed E-state index contributed by atoms with van der Waals surface area (Å²) in [7, 11) is 0. The molecule has 0 spiro atoms. The van der Waals surface area contributed by atoms with Gasteiger partial charge in [0.2, 0.25) is 5.88 Å². The van der Waals surface area contributed by atoms with Crippen LogP contribution in [-0.4, -0.2) is 10.1 Å². The Morgan fingerprint density at radius 2 is 1.89 bits per heavy atom. The fourth-order valence-corrected chi connectivity index (χ4v) is 1.95. The Kier molecular flexibility index (Phi) is 4.53. The third kappa shape index (κ3) is 3.32. The molecule has 0 radical (unpaired) electrons. The van der Waals surface area contributed by atoms with E-state index in [2.05, 4.69) is 11.9 Å². The summed E-state index contributed by atoms with van der Waals surface area (Å²) in [6.07, 6.45) is 1.73. The smallest absolute Gasteiger partial charge is 0.219 e. The van der Waals surface area contributed by atoms with E-state index in [1.54, 1.807) is 6.07 Å². The van der Waals surface area contributed by atoms with Crippen molar-refractivity contribution in [1.29, 1.82) is 0 Å². The van der Waals surface area contributed by atoms with E-state index in [-0.39, 0.29) is 6.61 Å². The van der Waals surface area contributed by atoms with Crippen LogP contribution in [0.15, 0.2) is 36.4 Å². The lowest BCUT2D eigenvalue weighted by atomic mass is 10.1. The highest BCUT2D eigenvalue weighted by Gasteiger charge is 2.06. The van der Waals surface area contributed by atoms with E-state index < -0.39 is 0 Å². The molecule has 0 fully saturated rings. The molecule has 0 aliphatic rings. The minimum absolute atomic E-state index is 0.00129. The molecule has 0 unspecified atom stereocenters. The fourth-order valence-electron chi connectivity index (χ4n) is 1.95. The van der Waals surface area contributed by atoms with Gasteiger partial charge in [-0.05, 0) is 36.1 Å². The first kappa shape index (κ1) is 13.6. The first-order valence-corrected chi connectivity index (χ1v) is 6.63. The van der Waals surface area contributed by atoms with Gasteiger partial charge in [-0.1, -0.05) is 32.0 Å². The van der Waals surface area contributed by atoms with E-state index in [9.17, 15) is 5.11 Å². The maximum atomic E-state index is 9.27. The molecule has 1 N–H and O–H groups in total. The molecular weight excluding hydrogens is 238 g/mol. The highest BCUT2D eigenvalue weighted by Crippen LogP contribution is 2.25. The van der Waals surface area contributed by atoms with Crippen molar-refractivity contribution >= 4 is 0 Å². The topological polar surface area (TPSA) is 42.4 Å². The Labute approximate surface area is 113 Å². The third-order valence-corrected chi connectivity index (χ3v) is 3.03. The third-order valence-electron chi connectivity index (χ3n) is 3.03. The zero-order valence-corrected chi connectivity index (χ0v) is 11.4. The average Bonchev–Trinajstić information content (AvgIpc) is 2.47. The van der Waals surface area contributed by atoms with Gasteiger partial charge in [0.05, 0.1) is 6.61 Å². The van der Waals surface area contributed by atoms with Crippen molar-refractivity contribution in [3.8, 4) is 11.6 Å². The Morgan fingerprint density at radius 1 is 1.11 bits per heavy atom. The van der Waals surface area contributed by atoms with Crippen molar-refractivity contribution in [3.05, 3.63) is 53.2 Å². The Hall–Kier alpha value is -1.87. The highest BCUT2D eigenvalue weighted by molar-refractivity contribution is 5.37. The van der Waals surface area contributed by atoms with Gasteiger partial charge in [-0.2, -0.15) is 0 Å². The molecule has 1 heterocycles. The number of benzene rings is 1. The molecule has 0 saturated heterocycles. The molecule has 3 heteroatoms. The number of aliphatic hydroxyl groups is 1. The van der Waals surface area contributed by atoms with E-state index in [1.165, 1.54) is 0 Å². The van der Waals surface area contributed by atoms with Crippen LogP contribution in [0.1, 0.15) is 30.7 Å². The second kappa shape index (κ2) is 6.34. The van der Waals surface area contributed by atoms with Crippen molar-refractivity contribution < 1.29 is 9.84 Å². The van der Waals surface area contributed by atoms with Crippen molar-refractivity contribution in [2.75, 3.05) is 0 Å². The van der Waals surface area contributed by atoms with E-state index in [0.29, 0.717) is 5.88 Å². The standard InChI is InChI=1S/C16H19NO2/c1-3-13-7-5-6-8-15(13)19-16-10-12(11-18)9-14(4-2)17-16/h5-10,18H,3-4,11H2,1-2H3. The Balaban J connectivity index is 2.32. The predicted octanol–water partition coefficient (Wildman–Crippen LogP) is 3.49. The normalized spacial score (nSPS) is 10.5. The van der Waals surface area contributed by atoms with Gasteiger partial charge >= 0.3 is 0 Å². The molecule has 2 aromatic rings. The van der Waals surface area contributed by atoms with Crippen LogP contribution >= 0.6 is 0 Å². The summed E-state index contributed by atoms with van der Waals surface area (Å²) in [5, 5.41) is 9.27. The van der Waals surface area contributed by atoms with Gasteiger partial charge in [0.25, 0.3) is 0 Å². The lowest BCUT2D eigenvalue weighted by molar-refractivity contribution is 0.281. The fraction of sp³-hybridized carbons (Fsp3) is 0.312. The SMILES string of the molecule is CCc1cc(CO)cc(Oc2ccccc2CC)n1. The number of aromatic nitrogens is 1. The molecule has 1 aromatic heterocycles. The number of aryl methyl sites for hydroxylation is 2. The average molecular weight is 257 g/mol. The van der Waals surface area contributed by atoms with Crippen LogP contribution < -0.4 is 4.74 Å². The van der Waals surface area contributed by atoms with Crippen LogP contribution in [0.4, 0.5) is 0 Å². The van der Waals surface area contributed by atoms with Crippen molar-refractivity contribution in [2.24, 2.45) is 0 Å². The minimum Gasteiger partial charge on any atom is -0.439 e. The predicted molar refractivity (Wildman–Crippen MR) is 75.4 cm³/mol. The molecule has 0 amide bonds. The second-order valence-corrected chi connectivity index (χ2v) is 4.38. The number of rotatable bonds is 5. The lowest BCUT2D eigenvalue weighted by Gasteiger charge is -2.11. The van der Waals surface area contributed by atoms with Gasteiger partial charge in [0.15, 0.2) is 0 Å². The molecule has 0 bridgehead atoms. The summed E-state index contributed by atoms with van der Waals surface area (Å²) in [4.78, 5) is 4.44. The summed E-state index contributed by atoms with van der Waals surface area (Å²) < 4.78 is 5.86. The van der Waals surface area contributed by atoms with Gasteiger partial charge in [0.1, 0.15) is 5.75 Å². The lowest BCUT2D eigenvalue weighted by Crippen LogP contribution is -1.97. The van der Waals surface area contributed by atoms with Gasteiger partial charge < -0.3 is 9.84 Å².